The zero-order valence-corrected chi connectivity index (χ0v) is 10.0. The van der Waals surface area contributed by atoms with Crippen LogP contribution in [0.4, 0.5) is 0 Å². The van der Waals surface area contributed by atoms with Crippen molar-refractivity contribution < 1.29 is 13.2 Å². The molecule has 0 fully saturated rings. The Morgan fingerprint density at radius 3 is 2.57 bits per heavy atom. The van der Waals surface area contributed by atoms with E-state index in [2.05, 4.69) is 9.46 Å². The van der Waals surface area contributed by atoms with Crippen LogP contribution in [0.5, 0.6) is 0 Å². The van der Waals surface area contributed by atoms with Gasteiger partial charge in [0.15, 0.2) is 0 Å². The summed E-state index contributed by atoms with van der Waals surface area (Å²) in [6.07, 6.45) is 2.72. The average molecular weight is 244 g/mol. The molecule has 14 heavy (non-hydrogen) atoms. The lowest BCUT2D eigenvalue weighted by molar-refractivity contribution is 0.217. The Labute approximate surface area is 91.0 Å². The molecule has 0 amide bonds. The molecule has 0 saturated carbocycles. The molecule has 0 aromatic carbocycles. The third kappa shape index (κ3) is 8.74. The lowest BCUT2D eigenvalue weighted by Crippen LogP contribution is -2.29. The zero-order valence-electron chi connectivity index (χ0n) is 8.46. The number of hydrogen-bond donors (Lipinski definition) is 1. The van der Waals surface area contributed by atoms with Gasteiger partial charge in [0.05, 0.1) is 12.4 Å². The Balaban J connectivity index is 3.46. The average Bonchev–Trinajstić information content (AvgIpc) is 2.15. The lowest BCUT2D eigenvalue weighted by atomic mass is 10.2. The molecule has 0 radical (unpaired) electrons. The molecule has 1 N–H and O–H groups in total. The van der Waals surface area contributed by atoms with Crippen molar-refractivity contribution in [2.24, 2.45) is 0 Å². The van der Waals surface area contributed by atoms with E-state index in [1.54, 1.807) is 0 Å². The molecule has 6 heteroatoms. The summed E-state index contributed by atoms with van der Waals surface area (Å²) in [7, 11) is -1.66. The minimum atomic E-state index is -3.14. The number of nitrogens with one attached hydrogen (secondary N) is 1. The van der Waals surface area contributed by atoms with Gasteiger partial charge in [-0.1, -0.05) is 6.42 Å². The topological polar surface area (TPSA) is 55.4 Å². The number of methoxy groups -OCH3 is 1. The number of halogens is 1. The summed E-state index contributed by atoms with van der Waals surface area (Å²) in [5.41, 5.74) is 0. The Bertz CT molecular complexity index is 219. The van der Waals surface area contributed by atoms with Crippen LogP contribution in [0.2, 0.25) is 0 Å². The van der Waals surface area contributed by atoms with Gasteiger partial charge in [0.25, 0.3) is 0 Å². The summed E-state index contributed by atoms with van der Waals surface area (Å²) in [6, 6.07) is 0. The quantitative estimate of drug-likeness (QED) is 0.485. The van der Waals surface area contributed by atoms with Crippen molar-refractivity contribution in [2.75, 3.05) is 31.9 Å². The Kier molecular flexibility index (Phi) is 8.56. The first-order valence-electron chi connectivity index (χ1n) is 4.64. The van der Waals surface area contributed by atoms with E-state index in [9.17, 15) is 8.42 Å². The van der Waals surface area contributed by atoms with Crippen LogP contribution in [0.25, 0.3) is 0 Å². The van der Waals surface area contributed by atoms with Gasteiger partial charge in [0.1, 0.15) is 0 Å². The van der Waals surface area contributed by atoms with E-state index in [1.165, 1.54) is 7.11 Å². The SMILES string of the molecule is COCCS(=O)(=O)NCCCCCCl. The van der Waals surface area contributed by atoms with Crippen LogP contribution < -0.4 is 4.72 Å². The summed E-state index contributed by atoms with van der Waals surface area (Å²) < 4.78 is 29.6. The molecule has 0 atom stereocenters. The number of unbranched alkanes of at least 4 members (excludes halogenated alkanes) is 2. The second-order valence-electron chi connectivity index (χ2n) is 2.96. The Hall–Kier alpha value is 0.160. The molecule has 0 aromatic heterocycles. The van der Waals surface area contributed by atoms with Gasteiger partial charge in [-0.2, -0.15) is 0 Å². The summed E-state index contributed by atoms with van der Waals surface area (Å²) in [4.78, 5) is 0. The largest absolute Gasteiger partial charge is 0.384 e. The van der Waals surface area contributed by atoms with Gasteiger partial charge < -0.3 is 4.74 Å². The second-order valence-corrected chi connectivity index (χ2v) is 5.26. The minimum Gasteiger partial charge on any atom is -0.384 e. The third-order valence-electron chi connectivity index (χ3n) is 1.69. The lowest BCUT2D eigenvalue weighted by Gasteiger charge is -2.05. The maximum absolute atomic E-state index is 11.2. The van der Waals surface area contributed by atoms with Crippen LogP contribution in [-0.4, -0.2) is 40.3 Å². The van der Waals surface area contributed by atoms with Crippen LogP contribution in [0, 0.1) is 0 Å². The molecule has 0 aliphatic carbocycles. The van der Waals surface area contributed by atoms with Crippen molar-refractivity contribution in [3.63, 3.8) is 0 Å². The molecular formula is C8H18ClNO3S. The highest BCUT2D eigenvalue weighted by Gasteiger charge is 2.07. The van der Waals surface area contributed by atoms with E-state index < -0.39 is 10.0 Å². The van der Waals surface area contributed by atoms with Gasteiger partial charge in [-0.25, -0.2) is 13.1 Å². The number of sulfonamides is 1. The van der Waals surface area contributed by atoms with Crippen molar-refractivity contribution >= 4 is 21.6 Å². The molecule has 0 aliphatic heterocycles. The van der Waals surface area contributed by atoms with Crippen molar-refractivity contribution in [3.05, 3.63) is 0 Å². The fourth-order valence-corrected chi connectivity index (χ4v) is 2.06. The normalized spacial score (nSPS) is 11.9. The van der Waals surface area contributed by atoms with Crippen LogP contribution in [-0.2, 0) is 14.8 Å². The number of rotatable bonds is 9. The van der Waals surface area contributed by atoms with Crippen LogP contribution in [0.3, 0.4) is 0 Å². The predicted molar refractivity (Wildman–Crippen MR) is 58.2 cm³/mol. The Morgan fingerprint density at radius 1 is 1.29 bits per heavy atom. The number of hydrogen-bond acceptors (Lipinski definition) is 3. The van der Waals surface area contributed by atoms with E-state index in [-0.39, 0.29) is 12.4 Å². The molecular weight excluding hydrogens is 226 g/mol. The van der Waals surface area contributed by atoms with Crippen LogP contribution >= 0.6 is 11.6 Å². The molecule has 0 saturated heterocycles. The van der Waals surface area contributed by atoms with Gasteiger partial charge in [0.2, 0.25) is 10.0 Å². The highest BCUT2D eigenvalue weighted by atomic mass is 35.5. The predicted octanol–water partition coefficient (Wildman–Crippen LogP) is 0.961. The van der Waals surface area contributed by atoms with Crippen LogP contribution in [0.15, 0.2) is 0 Å². The fourth-order valence-electron chi connectivity index (χ4n) is 0.889. The summed E-state index contributed by atoms with van der Waals surface area (Å²) >= 11 is 5.48. The maximum atomic E-state index is 11.2. The maximum Gasteiger partial charge on any atom is 0.213 e. The summed E-state index contributed by atoms with van der Waals surface area (Å²) in [5.74, 6) is 0.662. The highest BCUT2D eigenvalue weighted by molar-refractivity contribution is 7.89. The molecule has 0 rings (SSSR count). The first kappa shape index (κ1) is 14.2. The smallest absolute Gasteiger partial charge is 0.213 e. The van der Waals surface area contributed by atoms with E-state index in [4.69, 9.17) is 11.6 Å². The van der Waals surface area contributed by atoms with Crippen molar-refractivity contribution in [3.8, 4) is 0 Å². The van der Waals surface area contributed by atoms with E-state index in [0.717, 1.165) is 19.3 Å². The van der Waals surface area contributed by atoms with Gasteiger partial charge in [0, 0.05) is 19.5 Å². The summed E-state index contributed by atoms with van der Waals surface area (Å²) in [5, 5.41) is 0. The third-order valence-corrected chi connectivity index (χ3v) is 3.30. The second kappa shape index (κ2) is 8.47. The molecule has 0 heterocycles. The molecule has 0 aromatic rings. The first-order valence-corrected chi connectivity index (χ1v) is 6.83. The monoisotopic (exact) mass is 243 g/mol. The molecule has 4 nitrogen and oxygen atoms in total. The van der Waals surface area contributed by atoms with E-state index in [0.29, 0.717) is 12.4 Å². The van der Waals surface area contributed by atoms with Crippen molar-refractivity contribution in [1.29, 1.82) is 0 Å². The summed E-state index contributed by atoms with van der Waals surface area (Å²) in [6.45, 7) is 0.722. The first-order chi connectivity index (χ1) is 6.62. The van der Waals surface area contributed by atoms with Crippen LogP contribution in [0.1, 0.15) is 19.3 Å². The van der Waals surface area contributed by atoms with Gasteiger partial charge in [-0.3, -0.25) is 0 Å². The molecule has 86 valence electrons. The molecule has 0 spiro atoms. The van der Waals surface area contributed by atoms with Crippen molar-refractivity contribution in [1.82, 2.24) is 4.72 Å². The molecule has 0 unspecified atom stereocenters. The Morgan fingerprint density at radius 2 is 2.00 bits per heavy atom. The highest BCUT2D eigenvalue weighted by Crippen LogP contribution is 1.96. The fraction of sp³-hybridized carbons (Fsp3) is 1.00. The van der Waals surface area contributed by atoms with Crippen molar-refractivity contribution in [2.45, 2.75) is 19.3 Å². The number of ether oxygens (including phenoxy) is 1. The standard InChI is InChI=1S/C8H18ClNO3S/c1-13-7-8-14(11,12)10-6-4-2-3-5-9/h10H,2-8H2,1H3. The van der Waals surface area contributed by atoms with Gasteiger partial charge >= 0.3 is 0 Å². The number of alkyl halides is 1. The van der Waals surface area contributed by atoms with E-state index in [1.807, 2.05) is 0 Å². The van der Waals surface area contributed by atoms with E-state index >= 15 is 0 Å². The van der Waals surface area contributed by atoms with Gasteiger partial charge in [-0.15, -0.1) is 11.6 Å². The minimum absolute atomic E-state index is 0.0268. The zero-order chi connectivity index (χ0) is 10.9. The van der Waals surface area contributed by atoms with Gasteiger partial charge in [-0.05, 0) is 12.8 Å². The molecule has 0 aliphatic rings. The molecule has 0 bridgehead atoms.